The standard InChI is InChI=1S/C24H28N2O6/c1-18(24(30)31)17-22(28)26(20-11-7-4-8-12-20)16-15-25(19-9-5-3-6-10-19)21(27)13-14-23(29)32-2/h3-12,18H,13-17H2,1-2H3,(H,30,31). The van der Waals surface area contributed by atoms with Crippen LogP contribution in [-0.2, 0) is 23.9 Å². The summed E-state index contributed by atoms with van der Waals surface area (Å²) in [5.74, 6) is -2.98. The number of para-hydroxylation sites is 2. The summed E-state index contributed by atoms with van der Waals surface area (Å²) in [4.78, 5) is 51.5. The molecule has 170 valence electrons. The van der Waals surface area contributed by atoms with Gasteiger partial charge in [0.25, 0.3) is 0 Å². The zero-order valence-electron chi connectivity index (χ0n) is 18.3. The van der Waals surface area contributed by atoms with Gasteiger partial charge < -0.3 is 19.6 Å². The first kappa shape index (κ1) is 24.6. The number of nitrogens with zero attached hydrogens (tertiary/aromatic N) is 2. The maximum atomic E-state index is 12.9. The van der Waals surface area contributed by atoms with Gasteiger partial charge in [-0.2, -0.15) is 0 Å². The maximum absolute atomic E-state index is 12.9. The number of carboxylic acid groups (broad SMARTS) is 1. The Morgan fingerprint density at radius 2 is 1.28 bits per heavy atom. The molecule has 0 aromatic heterocycles. The number of amides is 2. The summed E-state index contributed by atoms with van der Waals surface area (Å²) in [5, 5.41) is 9.19. The van der Waals surface area contributed by atoms with Gasteiger partial charge in [-0.05, 0) is 24.3 Å². The summed E-state index contributed by atoms with van der Waals surface area (Å²) < 4.78 is 4.62. The predicted molar refractivity (Wildman–Crippen MR) is 120 cm³/mol. The van der Waals surface area contributed by atoms with Gasteiger partial charge in [0.15, 0.2) is 0 Å². The van der Waals surface area contributed by atoms with Gasteiger partial charge in [-0.15, -0.1) is 0 Å². The number of benzene rings is 2. The first-order valence-corrected chi connectivity index (χ1v) is 10.3. The normalized spacial score (nSPS) is 11.3. The molecule has 0 spiro atoms. The molecule has 1 N–H and O–H groups in total. The lowest BCUT2D eigenvalue weighted by atomic mass is 10.1. The highest BCUT2D eigenvalue weighted by Gasteiger charge is 2.24. The van der Waals surface area contributed by atoms with Crippen molar-refractivity contribution in [1.29, 1.82) is 0 Å². The number of anilines is 2. The molecule has 2 amide bonds. The molecule has 0 aliphatic carbocycles. The van der Waals surface area contributed by atoms with Gasteiger partial charge in [0.2, 0.25) is 11.8 Å². The number of methoxy groups -OCH3 is 1. The number of hydrogen-bond acceptors (Lipinski definition) is 5. The highest BCUT2D eigenvalue weighted by molar-refractivity contribution is 5.97. The van der Waals surface area contributed by atoms with E-state index in [1.165, 1.54) is 23.8 Å². The highest BCUT2D eigenvalue weighted by atomic mass is 16.5. The minimum atomic E-state index is -1.05. The molecule has 0 aliphatic rings. The zero-order chi connectivity index (χ0) is 23.5. The Hall–Kier alpha value is -3.68. The number of carboxylic acids is 1. The lowest BCUT2D eigenvalue weighted by Gasteiger charge is -2.29. The number of rotatable bonds is 11. The molecule has 2 rings (SSSR count). The summed E-state index contributed by atoms with van der Waals surface area (Å²) in [6.45, 7) is 1.82. The van der Waals surface area contributed by atoms with Crippen molar-refractivity contribution in [2.75, 3.05) is 30.0 Å². The van der Waals surface area contributed by atoms with E-state index in [0.717, 1.165) is 0 Å². The van der Waals surface area contributed by atoms with Crippen molar-refractivity contribution in [3.63, 3.8) is 0 Å². The van der Waals surface area contributed by atoms with Crippen LogP contribution in [0.2, 0.25) is 0 Å². The van der Waals surface area contributed by atoms with E-state index >= 15 is 0 Å². The first-order valence-electron chi connectivity index (χ1n) is 10.3. The quantitative estimate of drug-likeness (QED) is 0.539. The number of esters is 1. The van der Waals surface area contributed by atoms with Crippen LogP contribution in [0.4, 0.5) is 11.4 Å². The molecule has 0 radical (unpaired) electrons. The first-order chi connectivity index (χ1) is 15.3. The second-order valence-electron chi connectivity index (χ2n) is 7.28. The lowest BCUT2D eigenvalue weighted by molar-refractivity contribution is -0.143. The van der Waals surface area contributed by atoms with Gasteiger partial charge in [0.05, 0.1) is 19.4 Å². The van der Waals surface area contributed by atoms with Crippen LogP contribution in [0.15, 0.2) is 60.7 Å². The van der Waals surface area contributed by atoms with E-state index < -0.39 is 17.9 Å². The minimum Gasteiger partial charge on any atom is -0.481 e. The second-order valence-corrected chi connectivity index (χ2v) is 7.28. The maximum Gasteiger partial charge on any atom is 0.306 e. The minimum absolute atomic E-state index is 0.0309. The van der Waals surface area contributed by atoms with Gasteiger partial charge in [0, 0.05) is 37.3 Å². The Labute approximate surface area is 187 Å². The van der Waals surface area contributed by atoms with Crippen molar-refractivity contribution < 1.29 is 29.0 Å². The fourth-order valence-corrected chi connectivity index (χ4v) is 3.12. The average molecular weight is 440 g/mol. The molecule has 0 bridgehead atoms. The topological polar surface area (TPSA) is 104 Å². The third kappa shape index (κ3) is 7.23. The van der Waals surface area contributed by atoms with Crippen LogP contribution in [0.1, 0.15) is 26.2 Å². The van der Waals surface area contributed by atoms with E-state index in [4.69, 9.17) is 0 Å². The summed E-state index contributed by atoms with van der Waals surface area (Å²) in [5.41, 5.74) is 1.26. The summed E-state index contributed by atoms with van der Waals surface area (Å²) in [6, 6.07) is 17.9. The fourth-order valence-electron chi connectivity index (χ4n) is 3.12. The molecule has 0 saturated carbocycles. The highest BCUT2D eigenvalue weighted by Crippen LogP contribution is 2.19. The molecule has 0 aliphatic heterocycles. The van der Waals surface area contributed by atoms with Gasteiger partial charge in [-0.1, -0.05) is 43.3 Å². The van der Waals surface area contributed by atoms with E-state index in [2.05, 4.69) is 4.74 Å². The van der Waals surface area contributed by atoms with Crippen LogP contribution in [0.3, 0.4) is 0 Å². The molecule has 0 saturated heterocycles. The van der Waals surface area contributed by atoms with Crippen molar-refractivity contribution in [2.45, 2.75) is 26.2 Å². The molecule has 1 unspecified atom stereocenters. The second kappa shape index (κ2) is 12.2. The van der Waals surface area contributed by atoms with E-state index in [1.54, 1.807) is 48.5 Å². The molecule has 2 aromatic rings. The molecule has 0 heterocycles. The largest absolute Gasteiger partial charge is 0.481 e. The van der Waals surface area contributed by atoms with Crippen molar-refractivity contribution in [1.82, 2.24) is 0 Å². The summed E-state index contributed by atoms with van der Waals surface area (Å²) in [7, 11) is 1.27. The Balaban J connectivity index is 2.22. The number of ether oxygens (including phenoxy) is 1. The van der Waals surface area contributed by atoms with Gasteiger partial charge in [-0.25, -0.2) is 0 Å². The fraction of sp³-hybridized carbons (Fsp3) is 0.333. The molecule has 32 heavy (non-hydrogen) atoms. The smallest absolute Gasteiger partial charge is 0.306 e. The Kier molecular flexibility index (Phi) is 9.41. The number of hydrogen-bond donors (Lipinski definition) is 1. The van der Waals surface area contributed by atoms with Crippen LogP contribution in [-0.4, -0.2) is 49.1 Å². The van der Waals surface area contributed by atoms with E-state index in [1.807, 2.05) is 12.1 Å². The molecule has 8 nitrogen and oxygen atoms in total. The molecular formula is C24H28N2O6. The van der Waals surface area contributed by atoms with Crippen LogP contribution >= 0.6 is 0 Å². The van der Waals surface area contributed by atoms with E-state index in [9.17, 15) is 24.3 Å². The molecule has 2 aromatic carbocycles. The Morgan fingerprint density at radius 3 is 1.72 bits per heavy atom. The number of aliphatic carboxylic acids is 1. The number of carbonyl (C=O) groups excluding carboxylic acids is 3. The lowest BCUT2D eigenvalue weighted by Crippen LogP contribution is -2.42. The SMILES string of the molecule is COC(=O)CCC(=O)N(CCN(C(=O)CC(C)C(=O)O)c1ccccc1)c1ccccc1. The Bertz CT molecular complexity index is 917. The molecular weight excluding hydrogens is 412 g/mol. The van der Waals surface area contributed by atoms with E-state index in [0.29, 0.717) is 11.4 Å². The van der Waals surface area contributed by atoms with E-state index in [-0.39, 0.29) is 44.2 Å². The van der Waals surface area contributed by atoms with Gasteiger partial charge in [-0.3, -0.25) is 19.2 Å². The van der Waals surface area contributed by atoms with Gasteiger partial charge >= 0.3 is 11.9 Å². The molecule has 1 atom stereocenters. The number of carbonyl (C=O) groups is 4. The monoisotopic (exact) mass is 440 g/mol. The zero-order valence-corrected chi connectivity index (χ0v) is 18.3. The molecule has 0 fully saturated rings. The van der Waals surface area contributed by atoms with Gasteiger partial charge in [0.1, 0.15) is 0 Å². The van der Waals surface area contributed by atoms with Crippen LogP contribution in [0, 0.1) is 5.92 Å². The van der Waals surface area contributed by atoms with Crippen molar-refractivity contribution >= 4 is 35.1 Å². The van der Waals surface area contributed by atoms with Crippen molar-refractivity contribution in [3.05, 3.63) is 60.7 Å². The predicted octanol–water partition coefficient (Wildman–Crippen LogP) is 3.12. The van der Waals surface area contributed by atoms with Crippen molar-refractivity contribution in [2.24, 2.45) is 5.92 Å². The third-order valence-corrected chi connectivity index (χ3v) is 4.96. The van der Waals surface area contributed by atoms with Crippen molar-refractivity contribution in [3.8, 4) is 0 Å². The average Bonchev–Trinajstić information content (AvgIpc) is 2.81. The van der Waals surface area contributed by atoms with Crippen LogP contribution in [0.5, 0.6) is 0 Å². The molecule has 8 heteroatoms. The Morgan fingerprint density at radius 1 is 0.812 bits per heavy atom. The van der Waals surface area contributed by atoms with Crippen LogP contribution in [0.25, 0.3) is 0 Å². The van der Waals surface area contributed by atoms with Crippen LogP contribution < -0.4 is 9.80 Å². The summed E-state index contributed by atoms with van der Waals surface area (Å²) in [6.07, 6.45) is -0.237. The summed E-state index contributed by atoms with van der Waals surface area (Å²) >= 11 is 0. The third-order valence-electron chi connectivity index (χ3n) is 4.96.